The minimum absolute atomic E-state index is 0.0774. The van der Waals surface area contributed by atoms with Crippen molar-refractivity contribution in [3.8, 4) is 6.07 Å². The van der Waals surface area contributed by atoms with Crippen LogP contribution in [-0.4, -0.2) is 15.8 Å². The van der Waals surface area contributed by atoms with Crippen molar-refractivity contribution in [1.29, 1.82) is 5.26 Å². The highest BCUT2D eigenvalue weighted by molar-refractivity contribution is 5.92. The largest absolute Gasteiger partial charge is 0.340 e. The van der Waals surface area contributed by atoms with E-state index in [1.54, 1.807) is 44.2 Å². The Balaban J connectivity index is 2.13. The maximum atomic E-state index is 11.6. The van der Waals surface area contributed by atoms with Crippen LogP contribution in [0.15, 0.2) is 36.4 Å². The van der Waals surface area contributed by atoms with Gasteiger partial charge in [0, 0.05) is 23.4 Å². The van der Waals surface area contributed by atoms with Gasteiger partial charge in [0.05, 0.1) is 4.92 Å². The Bertz CT molecular complexity index is 809. The highest BCUT2D eigenvalue weighted by atomic mass is 16.6. The van der Waals surface area contributed by atoms with Crippen LogP contribution in [0.3, 0.4) is 0 Å². The molecule has 122 valence electrons. The smallest absolute Gasteiger partial charge is 0.305 e. The van der Waals surface area contributed by atoms with E-state index < -0.39 is 4.92 Å². The second-order valence-corrected chi connectivity index (χ2v) is 5.28. The highest BCUT2D eigenvalue weighted by Crippen LogP contribution is 2.22. The highest BCUT2D eigenvalue weighted by Gasteiger charge is 2.15. The monoisotopic (exact) mass is 325 g/mol. The van der Waals surface area contributed by atoms with Gasteiger partial charge in [-0.2, -0.15) is 5.26 Å². The number of pyridine rings is 1. The Morgan fingerprint density at radius 1 is 1.21 bits per heavy atom. The van der Waals surface area contributed by atoms with Crippen LogP contribution >= 0.6 is 0 Å². The van der Waals surface area contributed by atoms with Crippen LogP contribution < -0.4 is 10.6 Å². The Morgan fingerprint density at radius 3 is 2.38 bits per heavy atom. The minimum Gasteiger partial charge on any atom is -0.340 e. The van der Waals surface area contributed by atoms with Crippen molar-refractivity contribution in [2.75, 3.05) is 10.6 Å². The summed E-state index contributed by atoms with van der Waals surface area (Å²) in [7, 11) is 0. The van der Waals surface area contributed by atoms with Crippen LogP contribution in [-0.2, 0) is 4.79 Å². The van der Waals surface area contributed by atoms with Crippen molar-refractivity contribution in [3.05, 3.63) is 52.2 Å². The third-order valence-electron chi connectivity index (χ3n) is 3.13. The fourth-order valence-corrected chi connectivity index (χ4v) is 1.82. The molecule has 0 radical (unpaired) electrons. The predicted molar refractivity (Wildman–Crippen MR) is 88.8 cm³/mol. The number of rotatable bonds is 5. The Kier molecular flexibility index (Phi) is 5.06. The number of nitrogens with zero attached hydrogens (tertiary/aromatic N) is 3. The van der Waals surface area contributed by atoms with E-state index in [-0.39, 0.29) is 23.2 Å². The lowest BCUT2D eigenvalue weighted by molar-refractivity contribution is -0.385. The fourth-order valence-electron chi connectivity index (χ4n) is 1.82. The van der Waals surface area contributed by atoms with E-state index in [0.717, 1.165) is 0 Å². The third kappa shape index (κ3) is 4.04. The molecule has 0 spiro atoms. The van der Waals surface area contributed by atoms with Crippen molar-refractivity contribution in [1.82, 2.24) is 4.98 Å². The number of amides is 1. The Morgan fingerprint density at radius 2 is 1.83 bits per heavy atom. The number of hydrogen-bond donors (Lipinski definition) is 2. The van der Waals surface area contributed by atoms with Gasteiger partial charge in [0.2, 0.25) is 11.6 Å². The molecule has 1 heterocycles. The number of nitro groups is 1. The zero-order valence-electron chi connectivity index (χ0n) is 13.1. The number of benzene rings is 1. The molecule has 8 nitrogen and oxygen atoms in total. The zero-order chi connectivity index (χ0) is 17.7. The molecule has 0 saturated heterocycles. The second-order valence-electron chi connectivity index (χ2n) is 5.28. The van der Waals surface area contributed by atoms with Gasteiger partial charge in [-0.1, -0.05) is 13.8 Å². The van der Waals surface area contributed by atoms with E-state index in [4.69, 9.17) is 5.26 Å². The molecule has 2 N–H and O–H groups in total. The minimum atomic E-state index is -0.651. The van der Waals surface area contributed by atoms with Crippen molar-refractivity contribution in [2.24, 2.45) is 5.92 Å². The first kappa shape index (κ1) is 16.9. The lowest BCUT2D eigenvalue weighted by atomic mass is 10.2. The molecule has 1 amide bonds. The lowest BCUT2D eigenvalue weighted by Gasteiger charge is -2.09. The SMILES string of the molecule is CC(C)C(=O)Nc1ccc(Nc2ccc([N+](=O)[O-])c(C#N)n2)cc1. The number of anilines is 3. The maximum Gasteiger partial charge on any atom is 0.305 e. The summed E-state index contributed by atoms with van der Waals surface area (Å²) in [6.07, 6.45) is 0. The van der Waals surface area contributed by atoms with E-state index in [9.17, 15) is 14.9 Å². The molecule has 24 heavy (non-hydrogen) atoms. The summed E-state index contributed by atoms with van der Waals surface area (Å²) in [5, 5.41) is 25.4. The van der Waals surface area contributed by atoms with Gasteiger partial charge in [0.15, 0.2) is 0 Å². The first-order valence-electron chi connectivity index (χ1n) is 7.14. The third-order valence-corrected chi connectivity index (χ3v) is 3.13. The number of aromatic nitrogens is 1. The Hall–Kier alpha value is -3.47. The maximum absolute atomic E-state index is 11.6. The topological polar surface area (TPSA) is 121 Å². The van der Waals surface area contributed by atoms with Crippen molar-refractivity contribution in [3.63, 3.8) is 0 Å². The van der Waals surface area contributed by atoms with E-state index in [1.807, 2.05) is 0 Å². The molecule has 0 unspecified atom stereocenters. The predicted octanol–water partition coefficient (Wildman–Crippen LogP) is 3.20. The number of carbonyl (C=O) groups is 1. The van der Waals surface area contributed by atoms with Crippen molar-refractivity contribution < 1.29 is 9.72 Å². The van der Waals surface area contributed by atoms with Gasteiger partial charge in [0.25, 0.3) is 0 Å². The summed E-state index contributed by atoms with van der Waals surface area (Å²) in [5.41, 5.74) is 0.733. The van der Waals surface area contributed by atoms with Gasteiger partial charge in [-0.05, 0) is 30.3 Å². The molecule has 0 aliphatic rings. The van der Waals surface area contributed by atoms with Crippen LogP contribution in [0.1, 0.15) is 19.5 Å². The lowest BCUT2D eigenvalue weighted by Crippen LogP contribution is -2.17. The molecule has 0 atom stereocenters. The summed E-state index contributed by atoms with van der Waals surface area (Å²) in [6.45, 7) is 3.61. The molecule has 0 saturated carbocycles. The molecule has 1 aromatic heterocycles. The van der Waals surface area contributed by atoms with E-state index >= 15 is 0 Å². The number of carbonyl (C=O) groups excluding carboxylic acids is 1. The summed E-state index contributed by atoms with van der Waals surface area (Å²) < 4.78 is 0. The van der Waals surface area contributed by atoms with Gasteiger partial charge in [-0.15, -0.1) is 0 Å². The van der Waals surface area contributed by atoms with E-state index in [2.05, 4.69) is 15.6 Å². The molecule has 0 aliphatic carbocycles. The van der Waals surface area contributed by atoms with Gasteiger partial charge >= 0.3 is 5.69 Å². The van der Waals surface area contributed by atoms with Crippen LogP contribution in [0, 0.1) is 27.4 Å². The average Bonchev–Trinajstić information content (AvgIpc) is 2.56. The van der Waals surface area contributed by atoms with Crippen molar-refractivity contribution in [2.45, 2.75) is 13.8 Å². The fraction of sp³-hybridized carbons (Fsp3) is 0.188. The number of nitriles is 1. The summed E-state index contributed by atoms with van der Waals surface area (Å²) in [4.78, 5) is 25.7. The van der Waals surface area contributed by atoms with Gasteiger partial charge in [-0.25, -0.2) is 4.98 Å². The second kappa shape index (κ2) is 7.19. The first-order chi connectivity index (χ1) is 11.4. The normalized spacial score (nSPS) is 10.1. The van der Waals surface area contributed by atoms with Gasteiger partial charge in [-0.3, -0.25) is 14.9 Å². The number of nitrogens with one attached hydrogen (secondary N) is 2. The first-order valence-corrected chi connectivity index (χ1v) is 7.14. The summed E-state index contributed by atoms with van der Waals surface area (Å²) in [5.74, 6) is 0.124. The molecule has 0 aliphatic heterocycles. The summed E-state index contributed by atoms with van der Waals surface area (Å²) in [6, 6.07) is 11.3. The molecule has 0 bridgehead atoms. The molecule has 2 aromatic rings. The van der Waals surface area contributed by atoms with Crippen molar-refractivity contribution >= 4 is 28.8 Å². The van der Waals surface area contributed by atoms with Crippen LogP contribution in [0.5, 0.6) is 0 Å². The summed E-state index contributed by atoms with van der Waals surface area (Å²) >= 11 is 0. The molecule has 2 rings (SSSR count). The molecule has 1 aromatic carbocycles. The van der Waals surface area contributed by atoms with E-state index in [1.165, 1.54) is 12.1 Å². The standard InChI is InChI=1S/C16H15N5O3/c1-10(2)16(22)19-12-5-3-11(4-6-12)18-15-8-7-14(21(23)24)13(9-17)20-15/h3-8,10H,1-2H3,(H,18,20)(H,19,22). The van der Waals surface area contributed by atoms with Crippen LogP contribution in [0.2, 0.25) is 0 Å². The zero-order valence-corrected chi connectivity index (χ0v) is 13.1. The Labute approximate surface area is 138 Å². The molecular weight excluding hydrogens is 310 g/mol. The van der Waals surface area contributed by atoms with Crippen LogP contribution in [0.4, 0.5) is 22.9 Å². The quantitative estimate of drug-likeness (QED) is 0.643. The molecule has 8 heteroatoms. The van der Waals surface area contributed by atoms with Crippen LogP contribution in [0.25, 0.3) is 0 Å². The molecular formula is C16H15N5O3. The van der Waals surface area contributed by atoms with Gasteiger partial charge in [0.1, 0.15) is 11.9 Å². The van der Waals surface area contributed by atoms with Gasteiger partial charge < -0.3 is 10.6 Å². The number of hydrogen-bond acceptors (Lipinski definition) is 6. The molecule has 0 fully saturated rings. The van der Waals surface area contributed by atoms with E-state index in [0.29, 0.717) is 17.2 Å². The average molecular weight is 325 g/mol.